The van der Waals surface area contributed by atoms with Gasteiger partial charge in [-0.15, -0.1) is 0 Å². The summed E-state index contributed by atoms with van der Waals surface area (Å²) in [4.78, 5) is 27.1. The molecule has 8 heterocycles. The maximum Gasteiger partial charge on any atom is 0.260 e. The molecule has 0 radical (unpaired) electrons. The van der Waals surface area contributed by atoms with Crippen molar-refractivity contribution in [2.75, 3.05) is 58.4 Å². The van der Waals surface area contributed by atoms with Gasteiger partial charge in [-0.3, -0.25) is 9.52 Å². The van der Waals surface area contributed by atoms with Gasteiger partial charge in [-0.1, -0.05) is 25.3 Å². The smallest absolute Gasteiger partial charge is 0.260 e. The summed E-state index contributed by atoms with van der Waals surface area (Å²) in [5, 5.41) is 12.0. The second-order valence-corrected chi connectivity index (χ2v) is 12.2. The quantitative estimate of drug-likeness (QED) is 0.553. The van der Waals surface area contributed by atoms with Crippen LogP contribution in [0, 0.1) is 11.8 Å². The Morgan fingerprint density at radius 3 is 2.27 bits per heavy atom. The monoisotopic (exact) mass is 528 g/mol. The van der Waals surface area contributed by atoms with E-state index >= 15 is 0 Å². The van der Waals surface area contributed by atoms with Crippen molar-refractivity contribution in [1.82, 2.24) is 9.97 Å². The van der Waals surface area contributed by atoms with Gasteiger partial charge in [-0.05, 0) is 61.8 Å². The molecule has 0 unspecified atom stereocenters. The standard InChI is InChI=1S/C26H36N6O4S/c33-17-18-37(35,36)30-23-8-7-21-25(28-23)32-15-11-20(12-16-32)4-1-3-19-9-13-31(14-10-19)24-6-2-5-22(27-24)29-26(21)34/h2,5-8,19-20,33H,1,3-4,9-18H2,(H,28,30)(H,27,29,34). The van der Waals surface area contributed by atoms with Crippen molar-refractivity contribution < 1.29 is 18.3 Å². The number of pyridine rings is 2. The molecule has 0 atom stereocenters. The lowest BCUT2D eigenvalue weighted by Gasteiger charge is -2.35. The Balaban J connectivity index is 1.46. The molecule has 2 saturated heterocycles. The number of hydrogen-bond acceptors (Lipinski definition) is 8. The van der Waals surface area contributed by atoms with Crippen molar-refractivity contribution in [1.29, 1.82) is 0 Å². The van der Waals surface area contributed by atoms with Crippen LogP contribution in [0.25, 0.3) is 0 Å². The number of sulfonamides is 1. The topological polar surface area (TPSA) is 128 Å². The summed E-state index contributed by atoms with van der Waals surface area (Å²) in [7, 11) is -3.74. The van der Waals surface area contributed by atoms with Crippen LogP contribution in [-0.4, -0.2) is 67.9 Å². The maximum absolute atomic E-state index is 13.4. The van der Waals surface area contributed by atoms with Crippen LogP contribution in [0.5, 0.6) is 0 Å². The number of carbonyl (C=O) groups excluding carboxylic acids is 1. The van der Waals surface area contributed by atoms with Gasteiger partial charge in [-0.2, -0.15) is 0 Å². The highest BCUT2D eigenvalue weighted by Crippen LogP contribution is 2.32. The molecular weight excluding hydrogens is 492 g/mol. The molecule has 6 aliphatic rings. The highest BCUT2D eigenvalue weighted by atomic mass is 32.2. The van der Waals surface area contributed by atoms with Crippen LogP contribution in [-0.2, 0) is 10.0 Å². The van der Waals surface area contributed by atoms with Crippen LogP contribution >= 0.6 is 0 Å². The summed E-state index contributed by atoms with van der Waals surface area (Å²) in [5.74, 6) is 2.60. The molecule has 2 fully saturated rings. The number of rotatable bonds is 4. The number of amides is 1. The van der Waals surface area contributed by atoms with Crippen molar-refractivity contribution in [3.63, 3.8) is 0 Å². The lowest BCUT2D eigenvalue weighted by molar-refractivity contribution is 0.102. The van der Waals surface area contributed by atoms with Gasteiger partial charge >= 0.3 is 0 Å². The summed E-state index contributed by atoms with van der Waals surface area (Å²) in [6, 6.07) is 8.76. The summed E-state index contributed by atoms with van der Waals surface area (Å²) < 4.78 is 26.9. The molecule has 10 nitrogen and oxygen atoms in total. The zero-order valence-electron chi connectivity index (χ0n) is 21.1. The second kappa shape index (κ2) is 11.2. The molecule has 6 bridgehead atoms. The minimum atomic E-state index is -3.74. The average Bonchev–Trinajstić information content (AvgIpc) is 2.89. The molecule has 3 N–H and O–H groups in total. The highest BCUT2D eigenvalue weighted by molar-refractivity contribution is 7.92. The Labute approximate surface area is 218 Å². The molecule has 0 saturated carbocycles. The van der Waals surface area contributed by atoms with Crippen LogP contribution < -0.4 is 19.8 Å². The fourth-order valence-corrected chi connectivity index (χ4v) is 6.46. The lowest BCUT2D eigenvalue weighted by atomic mass is 9.87. The molecule has 8 rings (SSSR count). The van der Waals surface area contributed by atoms with Gasteiger partial charge in [0.1, 0.15) is 23.3 Å². The number of aliphatic hydroxyl groups excluding tert-OH is 1. The number of aliphatic hydroxyl groups is 1. The molecule has 0 aliphatic carbocycles. The predicted molar refractivity (Wildman–Crippen MR) is 145 cm³/mol. The first-order chi connectivity index (χ1) is 17.9. The van der Waals surface area contributed by atoms with Gasteiger partial charge in [0.25, 0.3) is 5.91 Å². The Kier molecular flexibility index (Phi) is 7.80. The third kappa shape index (κ3) is 6.32. The first-order valence-electron chi connectivity index (χ1n) is 13.3. The fourth-order valence-electron chi connectivity index (χ4n) is 5.69. The first-order valence-corrected chi connectivity index (χ1v) is 15.0. The van der Waals surface area contributed by atoms with Gasteiger partial charge in [0.15, 0.2) is 0 Å². The third-order valence-corrected chi connectivity index (χ3v) is 9.03. The van der Waals surface area contributed by atoms with Crippen LogP contribution in [0.4, 0.5) is 23.3 Å². The van der Waals surface area contributed by atoms with E-state index in [1.54, 1.807) is 12.1 Å². The van der Waals surface area contributed by atoms with Crippen molar-refractivity contribution >= 4 is 39.2 Å². The molecule has 37 heavy (non-hydrogen) atoms. The third-order valence-electron chi connectivity index (χ3n) is 7.79. The predicted octanol–water partition coefficient (Wildman–Crippen LogP) is 3.08. The molecule has 0 spiro atoms. The van der Waals surface area contributed by atoms with E-state index in [2.05, 4.69) is 24.8 Å². The van der Waals surface area contributed by atoms with Crippen molar-refractivity contribution in [3.05, 3.63) is 35.9 Å². The summed E-state index contributed by atoms with van der Waals surface area (Å²) >= 11 is 0. The minimum Gasteiger partial charge on any atom is -0.395 e. The van der Waals surface area contributed by atoms with E-state index < -0.39 is 22.4 Å². The number of hydrogen-bond donors (Lipinski definition) is 3. The van der Waals surface area contributed by atoms with E-state index in [-0.39, 0.29) is 11.7 Å². The van der Waals surface area contributed by atoms with Gasteiger partial charge in [0, 0.05) is 26.2 Å². The summed E-state index contributed by atoms with van der Waals surface area (Å²) in [6.45, 7) is 3.00. The van der Waals surface area contributed by atoms with E-state index in [0.29, 0.717) is 23.1 Å². The van der Waals surface area contributed by atoms with Gasteiger partial charge in [0.2, 0.25) is 10.0 Å². The number of piperidine rings is 2. The zero-order valence-corrected chi connectivity index (χ0v) is 21.9. The first kappa shape index (κ1) is 25.7. The van der Waals surface area contributed by atoms with Crippen LogP contribution in [0.15, 0.2) is 30.3 Å². The number of carbonyl (C=O) groups is 1. The Hall–Kier alpha value is -2.92. The molecule has 11 heteroatoms. The normalized spacial score (nSPS) is 22.7. The van der Waals surface area contributed by atoms with E-state index in [0.717, 1.165) is 50.8 Å². The minimum absolute atomic E-state index is 0.133. The van der Waals surface area contributed by atoms with Crippen molar-refractivity contribution in [2.24, 2.45) is 11.8 Å². The van der Waals surface area contributed by atoms with Crippen molar-refractivity contribution in [3.8, 4) is 0 Å². The van der Waals surface area contributed by atoms with E-state index in [1.165, 1.54) is 38.2 Å². The molecule has 6 aliphatic heterocycles. The van der Waals surface area contributed by atoms with Crippen molar-refractivity contribution in [2.45, 2.75) is 44.9 Å². The summed E-state index contributed by atoms with van der Waals surface area (Å²) in [6.07, 6.45) is 8.15. The zero-order chi connectivity index (χ0) is 25.8. The number of aromatic nitrogens is 2. The number of nitrogens with one attached hydrogen (secondary N) is 2. The molecular formula is C26H36N6O4S. The van der Waals surface area contributed by atoms with Gasteiger partial charge in [-0.25, -0.2) is 18.4 Å². The molecule has 1 amide bonds. The van der Waals surface area contributed by atoms with Crippen LogP contribution in [0.2, 0.25) is 0 Å². The fraction of sp³-hybridized carbons (Fsp3) is 0.577. The lowest BCUT2D eigenvalue weighted by Crippen LogP contribution is -2.36. The van der Waals surface area contributed by atoms with E-state index in [1.807, 2.05) is 12.1 Å². The Bertz CT molecular complexity index is 1210. The van der Waals surface area contributed by atoms with Gasteiger partial charge in [0.05, 0.1) is 17.9 Å². The SMILES string of the molecule is O=C1Nc2cccc(n2)N2CCC(CCCC3CCN(CC3)c3nc(NS(=O)(=O)CCO)ccc31)CC2. The number of anilines is 4. The van der Waals surface area contributed by atoms with E-state index in [4.69, 9.17) is 10.1 Å². The van der Waals surface area contributed by atoms with E-state index in [9.17, 15) is 13.2 Å². The molecule has 2 aromatic rings. The number of nitrogens with zero attached hydrogens (tertiary/aromatic N) is 4. The largest absolute Gasteiger partial charge is 0.395 e. The Morgan fingerprint density at radius 1 is 0.919 bits per heavy atom. The molecule has 0 aromatic carbocycles. The molecule has 2 aromatic heterocycles. The average molecular weight is 529 g/mol. The Morgan fingerprint density at radius 2 is 1.59 bits per heavy atom. The highest BCUT2D eigenvalue weighted by Gasteiger charge is 2.27. The van der Waals surface area contributed by atoms with Gasteiger partial charge < -0.3 is 20.2 Å². The maximum atomic E-state index is 13.4. The molecule has 200 valence electrons. The second-order valence-electron chi connectivity index (χ2n) is 10.3. The summed E-state index contributed by atoms with van der Waals surface area (Å²) in [5.41, 5.74) is 0.373. The van der Waals surface area contributed by atoms with Crippen LogP contribution in [0.1, 0.15) is 55.3 Å². The van der Waals surface area contributed by atoms with Crippen LogP contribution in [0.3, 0.4) is 0 Å².